The second-order valence-electron chi connectivity index (χ2n) is 5.25. The van der Waals surface area contributed by atoms with Gasteiger partial charge in [-0.25, -0.2) is 4.39 Å². The third kappa shape index (κ3) is 4.32. The molecule has 0 spiro atoms. The van der Waals surface area contributed by atoms with Crippen molar-refractivity contribution in [3.63, 3.8) is 0 Å². The fourth-order valence-corrected chi connectivity index (χ4v) is 2.26. The van der Waals surface area contributed by atoms with E-state index in [1.807, 2.05) is 0 Å². The zero-order chi connectivity index (χ0) is 17.6. The lowest BCUT2D eigenvalue weighted by Gasteiger charge is -2.09. The van der Waals surface area contributed by atoms with Crippen molar-refractivity contribution in [2.45, 2.75) is 0 Å². The Hall–Kier alpha value is -3.41. The fourth-order valence-electron chi connectivity index (χ4n) is 2.26. The van der Waals surface area contributed by atoms with Crippen LogP contribution in [0.3, 0.4) is 0 Å². The van der Waals surface area contributed by atoms with Gasteiger partial charge in [-0.2, -0.15) is 0 Å². The van der Waals surface area contributed by atoms with Gasteiger partial charge in [0.15, 0.2) is 0 Å². The molecule has 0 saturated carbocycles. The Morgan fingerprint density at radius 1 is 1.00 bits per heavy atom. The molecule has 1 aromatic heterocycles. The molecule has 0 saturated heterocycles. The number of amides is 1. The van der Waals surface area contributed by atoms with Crippen LogP contribution in [0.25, 0.3) is 0 Å². The van der Waals surface area contributed by atoms with Crippen molar-refractivity contribution >= 4 is 23.0 Å². The van der Waals surface area contributed by atoms with E-state index in [1.54, 1.807) is 55.6 Å². The van der Waals surface area contributed by atoms with E-state index in [2.05, 4.69) is 15.6 Å². The predicted octanol–water partition coefficient (Wildman–Crippen LogP) is 4.23. The summed E-state index contributed by atoms with van der Waals surface area (Å²) in [6.07, 6.45) is 1.52. The van der Waals surface area contributed by atoms with E-state index in [1.165, 1.54) is 18.3 Å². The maximum atomic E-state index is 13.3. The number of methoxy groups -OCH3 is 1. The number of ether oxygens (including phenoxy) is 1. The number of carbonyl (C=O) groups excluding carboxylic acids is 1. The summed E-state index contributed by atoms with van der Waals surface area (Å²) in [6, 6.07) is 16.4. The molecule has 0 aliphatic rings. The SMILES string of the molecule is COc1cccc(NC(=O)c2cc(Nc3cccc(F)c3)ccn2)c1. The van der Waals surface area contributed by atoms with E-state index in [-0.39, 0.29) is 17.4 Å². The van der Waals surface area contributed by atoms with Crippen molar-refractivity contribution in [1.29, 1.82) is 0 Å². The highest BCUT2D eigenvalue weighted by Crippen LogP contribution is 2.20. The van der Waals surface area contributed by atoms with Crippen LogP contribution in [0.2, 0.25) is 0 Å². The van der Waals surface area contributed by atoms with Gasteiger partial charge in [0.25, 0.3) is 5.91 Å². The van der Waals surface area contributed by atoms with Crippen LogP contribution < -0.4 is 15.4 Å². The van der Waals surface area contributed by atoms with E-state index in [0.29, 0.717) is 22.8 Å². The number of anilines is 3. The molecule has 126 valence electrons. The van der Waals surface area contributed by atoms with Crippen LogP contribution in [0.1, 0.15) is 10.5 Å². The first kappa shape index (κ1) is 16.4. The molecule has 0 aliphatic carbocycles. The highest BCUT2D eigenvalue weighted by atomic mass is 19.1. The number of pyridine rings is 1. The number of carbonyl (C=O) groups is 1. The first-order valence-electron chi connectivity index (χ1n) is 7.58. The minimum atomic E-state index is -0.351. The van der Waals surface area contributed by atoms with Gasteiger partial charge in [0.1, 0.15) is 17.3 Å². The Balaban J connectivity index is 1.75. The molecule has 0 atom stereocenters. The van der Waals surface area contributed by atoms with E-state index >= 15 is 0 Å². The van der Waals surface area contributed by atoms with Gasteiger partial charge in [-0.3, -0.25) is 9.78 Å². The second kappa shape index (κ2) is 7.44. The summed E-state index contributed by atoms with van der Waals surface area (Å²) in [4.78, 5) is 16.5. The van der Waals surface area contributed by atoms with Gasteiger partial charge in [0.05, 0.1) is 7.11 Å². The van der Waals surface area contributed by atoms with Crippen LogP contribution in [0.5, 0.6) is 5.75 Å². The maximum Gasteiger partial charge on any atom is 0.274 e. The van der Waals surface area contributed by atoms with Gasteiger partial charge >= 0.3 is 0 Å². The summed E-state index contributed by atoms with van der Waals surface area (Å²) in [6.45, 7) is 0. The normalized spacial score (nSPS) is 10.2. The van der Waals surface area contributed by atoms with Crippen LogP contribution in [0.4, 0.5) is 21.5 Å². The molecule has 3 aromatic rings. The quantitative estimate of drug-likeness (QED) is 0.731. The molecule has 6 heteroatoms. The minimum absolute atomic E-state index is 0.240. The number of rotatable bonds is 5. The van der Waals surface area contributed by atoms with Crippen molar-refractivity contribution in [3.8, 4) is 5.75 Å². The van der Waals surface area contributed by atoms with Crippen LogP contribution in [-0.4, -0.2) is 18.0 Å². The van der Waals surface area contributed by atoms with Gasteiger partial charge in [0, 0.05) is 29.3 Å². The average Bonchev–Trinajstić information content (AvgIpc) is 2.62. The number of halogens is 1. The lowest BCUT2D eigenvalue weighted by atomic mass is 10.2. The Morgan fingerprint density at radius 3 is 2.56 bits per heavy atom. The van der Waals surface area contributed by atoms with Crippen molar-refractivity contribution < 1.29 is 13.9 Å². The smallest absolute Gasteiger partial charge is 0.274 e. The molecule has 25 heavy (non-hydrogen) atoms. The van der Waals surface area contributed by atoms with Crippen molar-refractivity contribution in [3.05, 3.63) is 78.4 Å². The fraction of sp³-hybridized carbons (Fsp3) is 0.0526. The van der Waals surface area contributed by atoms with Crippen LogP contribution >= 0.6 is 0 Å². The summed E-state index contributed by atoms with van der Waals surface area (Å²) < 4.78 is 18.4. The Bertz CT molecular complexity index is 899. The molecule has 0 radical (unpaired) electrons. The molecule has 0 aliphatic heterocycles. The summed E-state index contributed by atoms with van der Waals surface area (Å²) in [5, 5.41) is 5.81. The number of nitrogens with zero attached hydrogens (tertiary/aromatic N) is 1. The number of hydrogen-bond donors (Lipinski definition) is 2. The first-order chi connectivity index (χ1) is 12.1. The zero-order valence-corrected chi connectivity index (χ0v) is 13.5. The zero-order valence-electron chi connectivity index (χ0n) is 13.5. The van der Waals surface area contributed by atoms with Gasteiger partial charge in [-0.05, 0) is 42.5 Å². The van der Waals surface area contributed by atoms with Crippen LogP contribution in [-0.2, 0) is 0 Å². The number of aromatic nitrogens is 1. The third-order valence-electron chi connectivity index (χ3n) is 3.43. The average molecular weight is 337 g/mol. The molecule has 1 amide bonds. The van der Waals surface area contributed by atoms with Gasteiger partial charge in [-0.1, -0.05) is 12.1 Å². The summed E-state index contributed by atoms with van der Waals surface area (Å²) in [5.74, 6) is -0.0431. The molecule has 5 nitrogen and oxygen atoms in total. The molecule has 3 rings (SSSR count). The maximum absolute atomic E-state index is 13.3. The monoisotopic (exact) mass is 337 g/mol. The number of benzene rings is 2. The third-order valence-corrected chi connectivity index (χ3v) is 3.43. The van der Waals surface area contributed by atoms with Crippen molar-refractivity contribution in [1.82, 2.24) is 4.98 Å². The summed E-state index contributed by atoms with van der Waals surface area (Å²) in [5.41, 5.74) is 2.07. The molecule has 2 N–H and O–H groups in total. The van der Waals surface area contributed by atoms with E-state index in [9.17, 15) is 9.18 Å². The molecular weight excluding hydrogens is 321 g/mol. The molecule has 2 aromatic carbocycles. The highest BCUT2D eigenvalue weighted by Gasteiger charge is 2.09. The van der Waals surface area contributed by atoms with Gasteiger partial charge in [-0.15, -0.1) is 0 Å². The lowest BCUT2D eigenvalue weighted by Crippen LogP contribution is -2.13. The van der Waals surface area contributed by atoms with Crippen molar-refractivity contribution in [2.24, 2.45) is 0 Å². The predicted molar refractivity (Wildman–Crippen MR) is 94.9 cm³/mol. The molecule has 0 fully saturated rings. The summed E-state index contributed by atoms with van der Waals surface area (Å²) in [7, 11) is 1.56. The molecule has 0 bridgehead atoms. The minimum Gasteiger partial charge on any atom is -0.497 e. The largest absolute Gasteiger partial charge is 0.497 e. The van der Waals surface area contributed by atoms with E-state index in [0.717, 1.165) is 0 Å². The number of hydrogen-bond acceptors (Lipinski definition) is 4. The van der Waals surface area contributed by atoms with Crippen molar-refractivity contribution in [2.75, 3.05) is 17.7 Å². The molecule has 1 heterocycles. The topological polar surface area (TPSA) is 63.2 Å². The van der Waals surface area contributed by atoms with Crippen LogP contribution in [0, 0.1) is 5.82 Å². The summed E-state index contributed by atoms with van der Waals surface area (Å²) >= 11 is 0. The van der Waals surface area contributed by atoms with Crippen LogP contribution in [0.15, 0.2) is 66.9 Å². The second-order valence-corrected chi connectivity index (χ2v) is 5.25. The Labute approximate surface area is 144 Å². The first-order valence-corrected chi connectivity index (χ1v) is 7.58. The lowest BCUT2D eigenvalue weighted by molar-refractivity contribution is 0.102. The van der Waals surface area contributed by atoms with E-state index < -0.39 is 0 Å². The standard InChI is InChI=1S/C19H16FN3O2/c1-25-17-7-3-6-15(11-17)23-19(24)18-12-16(8-9-21-18)22-14-5-2-4-13(20)10-14/h2-12H,1H3,(H,21,22)(H,23,24). The molecular formula is C19H16FN3O2. The highest BCUT2D eigenvalue weighted by molar-refractivity contribution is 6.03. The Morgan fingerprint density at radius 2 is 1.76 bits per heavy atom. The Kier molecular flexibility index (Phi) is 4.89. The van der Waals surface area contributed by atoms with E-state index in [4.69, 9.17) is 4.74 Å². The number of nitrogens with one attached hydrogen (secondary N) is 2. The van der Waals surface area contributed by atoms with Gasteiger partial charge < -0.3 is 15.4 Å². The van der Waals surface area contributed by atoms with Gasteiger partial charge in [0.2, 0.25) is 0 Å². The molecule has 0 unspecified atom stereocenters.